The van der Waals surface area contributed by atoms with E-state index >= 15 is 0 Å². The van der Waals surface area contributed by atoms with Crippen molar-refractivity contribution < 1.29 is 18.0 Å². The molecule has 3 rings (SSSR count). The molecule has 0 spiro atoms. The Balaban J connectivity index is 1.65. The Morgan fingerprint density at radius 3 is 2.46 bits per heavy atom. The number of alkyl halides is 3. The van der Waals surface area contributed by atoms with Crippen LogP contribution in [0.1, 0.15) is 17.0 Å². The first-order valence-corrected chi connectivity index (χ1v) is 8.01. The molecule has 0 fully saturated rings. The van der Waals surface area contributed by atoms with Crippen molar-refractivity contribution in [1.82, 2.24) is 4.98 Å². The lowest BCUT2D eigenvalue weighted by molar-refractivity contribution is -0.150. The van der Waals surface area contributed by atoms with Gasteiger partial charge in [-0.25, -0.2) is 4.98 Å². The summed E-state index contributed by atoms with van der Waals surface area (Å²) >= 11 is 1.61. The molecule has 1 aromatic heterocycles. The lowest BCUT2D eigenvalue weighted by Gasteiger charge is -2.08. The van der Waals surface area contributed by atoms with E-state index in [1.165, 1.54) is 0 Å². The van der Waals surface area contributed by atoms with Crippen LogP contribution in [0.25, 0.3) is 10.2 Å². The second-order valence-electron chi connectivity index (χ2n) is 5.29. The van der Waals surface area contributed by atoms with Crippen molar-refractivity contribution >= 4 is 33.1 Å². The van der Waals surface area contributed by atoms with E-state index in [4.69, 9.17) is 0 Å². The minimum Gasteiger partial charge on any atom is -0.326 e. The lowest BCUT2D eigenvalue weighted by Crippen LogP contribution is -2.21. The van der Waals surface area contributed by atoms with Gasteiger partial charge in [0, 0.05) is 12.1 Å². The maximum atomic E-state index is 12.1. The number of thiazole rings is 1. The summed E-state index contributed by atoms with van der Waals surface area (Å²) in [6, 6.07) is 14.6. The number of nitrogens with zero attached hydrogens (tertiary/aromatic N) is 1. The van der Waals surface area contributed by atoms with E-state index in [1.54, 1.807) is 35.6 Å². The van der Waals surface area contributed by atoms with Gasteiger partial charge >= 0.3 is 6.18 Å². The Hall–Kier alpha value is -2.41. The van der Waals surface area contributed by atoms with Gasteiger partial charge in [-0.1, -0.05) is 24.3 Å². The highest BCUT2D eigenvalue weighted by Gasteiger charge is 2.31. The fourth-order valence-electron chi connectivity index (χ4n) is 2.26. The molecule has 0 unspecified atom stereocenters. The summed E-state index contributed by atoms with van der Waals surface area (Å²) in [5, 5.41) is 3.20. The van der Waals surface area contributed by atoms with Crippen molar-refractivity contribution in [2.24, 2.45) is 0 Å². The van der Waals surface area contributed by atoms with Crippen molar-refractivity contribution in [2.75, 3.05) is 5.32 Å². The molecule has 0 aliphatic rings. The number of hydrogen-bond donors (Lipinski definition) is 1. The summed E-state index contributed by atoms with van der Waals surface area (Å²) in [7, 11) is 0. The molecule has 0 bridgehead atoms. The zero-order valence-electron chi connectivity index (χ0n) is 12.4. The van der Waals surface area contributed by atoms with Crippen LogP contribution in [-0.4, -0.2) is 17.1 Å². The topological polar surface area (TPSA) is 42.0 Å². The number of amides is 1. The van der Waals surface area contributed by atoms with Crippen molar-refractivity contribution in [3.8, 4) is 0 Å². The number of nitrogens with one attached hydrogen (secondary N) is 1. The van der Waals surface area contributed by atoms with E-state index in [9.17, 15) is 18.0 Å². The zero-order valence-corrected chi connectivity index (χ0v) is 13.2. The molecule has 0 radical (unpaired) electrons. The smallest absolute Gasteiger partial charge is 0.326 e. The SMILES string of the molecule is O=C(CC(F)(F)F)Nc1ccc(Cc2nc3ccccc3s2)cc1. The molecule has 1 amide bonds. The minimum atomic E-state index is -4.50. The number of halogens is 3. The monoisotopic (exact) mass is 350 g/mol. The van der Waals surface area contributed by atoms with Crippen LogP contribution in [0.2, 0.25) is 0 Å². The van der Waals surface area contributed by atoms with E-state index in [2.05, 4.69) is 10.3 Å². The number of carbonyl (C=O) groups excluding carboxylic acids is 1. The average molecular weight is 350 g/mol. The van der Waals surface area contributed by atoms with Gasteiger partial charge in [-0.05, 0) is 29.8 Å². The molecule has 1 heterocycles. The van der Waals surface area contributed by atoms with Gasteiger partial charge in [-0.2, -0.15) is 13.2 Å². The van der Waals surface area contributed by atoms with Crippen LogP contribution in [-0.2, 0) is 11.2 Å². The molecule has 3 nitrogen and oxygen atoms in total. The maximum Gasteiger partial charge on any atom is 0.397 e. The molecule has 7 heteroatoms. The van der Waals surface area contributed by atoms with Crippen LogP contribution in [0, 0.1) is 0 Å². The summed E-state index contributed by atoms with van der Waals surface area (Å²) in [5.74, 6) is -1.07. The maximum absolute atomic E-state index is 12.1. The molecule has 0 atom stereocenters. The van der Waals surface area contributed by atoms with Crippen molar-refractivity contribution in [3.05, 3.63) is 59.1 Å². The predicted molar refractivity (Wildman–Crippen MR) is 88.2 cm³/mol. The largest absolute Gasteiger partial charge is 0.397 e. The Labute approximate surface area is 140 Å². The fourth-order valence-corrected chi connectivity index (χ4v) is 3.26. The van der Waals surface area contributed by atoms with Crippen LogP contribution < -0.4 is 5.32 Å². The standard InChI is InChI=1S/C17H13F3N2OS/c18-17(19,20)10-15(23)21-12-7-5-11(6-8-12)9-16-22-13-3-1-2-4-14(13)24-16/h1-8H,9-10H2,(H,21,23). The lowest BCUT2D eigenvalue weighted by atomic mass is 10.1. The quantitative estimate of drug-likeness (QED) is 0.736. The molecule has 1 N–H and O–H groups in total. The third-order valence-electron chi connectivity index (χ3n) is 3.29. The van der Waals surface area contributed by atoms with Crippen molar-refractivity contribution in [3.63, 3.8) is 0 Å². The normalized spacial score (nSPS) is 11.6. The summed E-state index contributed by atoms with van der Waals surface area (Å²) in [4.78, 5) is 15.8. The fraction of sp³-hybridized carbons (Fsp3) is 0.176. The number of carbonyl (C=O) groups is 1. The predicted octanol–water partition coefficient (Wildman–Crippen LogP) is 4.78. The number of rotatable bonds is 4. The van der Waals surface area contributed by atoms with Gasteiger partial charge < -0.3 is 5.32 Å². The van der Waals surface area contributed by atoms with Crippen LogP contribution in [0.4, 0.5) is 18.9 Å². The molecule has 0 aliphatic carbocycles. The van der Waals surface area contributed by atoms with Crippen LogP contribution >= 0.6 is 11.3 Å². The molecule has 2 aromatic carbocycles. The second kappa shape index (κ2) is 6.60. The molecule has 0 saturated carbocycles. The first kappa shape index (κ1) is 16.4. The second-order valence-corrected chi connectivity index (χ2v) is 6.40. The van der Waals surface area contributed by atoms with Gasteiger partial charge in [0.05, 0.1) is 15.2 Å². The van der Waals surface area contributed by atoms with E-state index in [1.807, 2.05) is 24.3 Å². The molecular formula is C17H13F3N2OS. The molecule has 3 aromatic rings. The van der Waals surface area contributed by atoms with Gasteiger partial charge in [0.2, 0.25) is 5.91 Å². The molecule has 124 valence electrons. The van der Waals surface area contributed by atoms with Gasteiger partial charge in [0.25, 0.3) is 0 Å². The number of para-hydroxylation sites is 1. The number of hydrogen-bond acceptors (Lipinski definition) is 3. The summed E-state index contributed by atoms with van der Waals surface area (Å²) in [6.07, 6.45) is -5.35. The highest BCUT2D eigenvalue weighted by molar-refractivity contribution is 7.18. The molecule has 0 saturated heterocycles. The highest BCUT2D eigenvalue weighted by Crippen LogP contribution is 2.24. The summed E-state index contributed by atoms with van der Waals surface area (Å²) in [5.41, 5.74) is 2.27. The number of aromatic nitrogens is 1. The Morgan fingerprint density at radius 2 is 1.79 bits per heavy atom. The van der Waals surface area contributed by atoms with E-state index in [-0.39, 0.29) is 0 Å². The minimum absolute atomic E-state index is 0.345. The van der Waals surface area contributed by atoms with Crippen LogP contribution in [0.15, 0.2) is 48.5 Å². The van der Waals surface area contributed by atoms with E-state index in [0.29, 0.717) is 12.1 Å². The summed E-state index contributed by atoms with van der Waals surface area (Å²) < 4.78 is 37.5. The van der Waals surface area contributed by atoms with Gasteiger partial charge in [0.15, 0.2) is 0 Å². The Bertz CT molecular complexity index is 823. The molecular weight excluding hydrogens is 337 g/mol. The van der Waals surface area contributed by atoms with Crippen LogP contribution in [0.5, 0.6) is 0 Å². The average Bonchev–Trinajstić information content (AvgIpc) is 2.89. The zero-order chi connectivity index (χ0) is 17.2. The third-order valence-corrected chi connectivity index (χ3v) is 4.33. The number of fused-ring (bicyclic) bond motifs is 1. The Morgan fingerprint density at radius 1 is 1.08 bits per heavy atom. The Kier molecular flexibility index (Phi) is 4.53. The third kappa shape index (κ3) is 4.32. The molecule has 24 heavy (non-hydrogen) atoms. The molecule has 0 aliphatic heterocycles. The number of benzene rings is 2. The highest BCUT2D eigenvalue weighted by atomic mass is 32.1. The van der Waals surface area contributed by atoms with E-state index < -0.39 is 18.5 Å². The van der Waals surface area contributed by atoms with Crippen molar-refractivity contribution in [1.29, 1.82) is 0 Å². The van der Waals surface area contributed by atoms with E-state index in [0.717, 1.165) is 20.8 Å². The van der Waals surface area contributed by atoms with Gasteiger partial charge in [-0.15, -0.1) is 11.3 Å². The first-order valence-electron chi connectivity index (χ1n) is 7.19. The van der Waals surface area contributed by atoms with Crippen LogP contribution in [0.3, 0.4) is 0 Å². The first-order chi connectivity index (χ1) is 11.4. The van der Waals surface area contributed by atoms with Crippen molar-refractivity contribution in [2.45, 2.75) is 19.0 Å². The van der Waals surface area contributed by atoms with Gasteiger partial charge in [-0.3, -0.25) is 4.79 Å². The number of anilines is 1. The van der Waals surface area contributed by atoms with Gasteiger partial charge in [0.1, 0.15) is 6.42 Å². The summed E-state index contributed by atoms with van der Waals surface area (Å²) in [6.45, 7) is 0.